The number of carbonyl (C=O) groups excluding carboxylic acids is 1. The van der Waals surface area contributed by atoms with Crippen molar-refractivity contribution in [2.75, 3.05) is 13.7 Å². The second kappa shape index (κ2) is 8.09. The molecule has 0 N–H and O–H groups in total. The Morgan fingerprint density at radius 1 is 1.12 bits per heavy atom. The number of hydrogen-bond donors (Lipinski definition) is 0. The lowest BCUT2D eigenvalue weighted by molar-refractivity contribution is -0.138. The minimum atomic E-state index is -0.308. The summed E-state index contributed by atoms with van der Waals surface area (Å²) in [6, 6.07) is 14.1. The Morgan fingerprint density at radius 2 is 1.81 bits per heavy atom. The second-order valence-corrected chi connectivity index (χ2v) is 6.37. The number of benzene rings is 2. The van der Waals surface area contributed by atoms with Crippen LogP contribution < -0.4 is 9.47 Å². The lowest BCUT2D eigenvalue weighted by Gasteiger charge is -2.16. The molecule has 0 amide bonds. The zero-order valence-corrected chi connectivity index (χ0v) is 15.5. The molecule has 0 radical (unpaired) electrons. The summed E-state index contributed by atoms with van der Waals surface area (Å²) in [7, 11) is 1.63. The van der Waals surface area contributed by atoms with Crippen LogP contribution in [0.4, 0.5) is 0 Å². The van der Waals surface area contributed by atoms with Crippen molar-refractivity contribution in [1.82, 2.24) is 0 Å². The van der Waals surface area contributed by atoms with E-state index >= 15 is 0 Å². The molecule has 2 aromatic carbocycles. The smallest absolute Gasteiger partial charge is 0.333 e. The van der Waals surface area contributed by atoms with Crippen molar-refractivity contribution in [1.29, 1.82) is 0 Å². The van der Waals surface area contributed by atoms with Gasteiger partial charge in [0.15, 0.2) is 11.5 Å². The number of hydrogen-bond acceptors (Lipinski definition) is 4. The highest BCUT2D eigenvalue weighted by molar-refractivity contribution is 5.93. The fourth-order valence-electron chi connectivity index (χ4n) is 3.21. The van der Waals surface area contributed by atoms with Crippen LogP contribution >= 0.6 is 0 Å². The summed E-state index contributed by atoms with van der Waals surface area (Å²) >= 11 is 0. The summed E-state index contributed by atoms with van der Waals surface area (Å²) in [5, 5.41) is 0. The average molecular weight is 352 g/mol. The SMILES string of the molecule is CCOC(=O)C(C)=Cc1ccc(OC)c(OC2Cc3ccccc3C2)c1. The quantitative estimate of drug-likeness (QED) is 0.577. The van der Waals surface area contributed by atoms with Crippen molar-refractivity contribution < 1.29 is 19.0 Å². The normalized spacial score (nSPS) is 14.0. The Labute approximate surface area is 154 Å². The maximum Gasteiger partial charge on any atom is 0.333 e. The number of ether oxygens (including phenoxy) is 3. The van der Waals surface area contributed by atoms with Crippen LogP contribution in [0.25, 0.3) is 6.08 Å². The van der Waals surface area contributed by atoms with Crippen LogP contribution in [0.15, 0.2) is 48.0 Å². The summed E-state index contributed by atoms with van der Waals surface area (Å²) in [5.74, 6) is 1.07. The summed E-state index contributed by atoms with van der Waals surface area (Å²) in [6.07, 6.45) is 3.67. The van der Waals surface area contributed by atoms with Gasteiger partial charge in [0.2, 0.25) is 0 Å². The predicted molar refractivity (Wildman–Crippen MR) is 102 cm³/mol. The molecule has 1 aliphatic carbocycles. The molecular formula is C22H24O4. The highest BCUT2D eigenvalue weighted by atomic mass is 16.5. The largest absolute Gasteiger partial charge is 0.493 e. The van der Waals surface area contributed by atoms with Gasteiger partial charge in [-0.2, -0.15) is 0 Å². The molecule has 4 nitrogen and oxygen atoms in total. The van der Waals surface area contributed by atoms with E-state index in [1.807, 2.05) is 18.2 Å². The first-order valence-corrected chi connectivity index (χ1v) is 8.87. The van der Waals surface area contributed by atoms with E-state index in [2.05, 4.69) is 24.3 Å². The van der Waals surface area contributed by atoms with Gasteiger partial charge in [-0.25, -0.2) is 4.79 Å². The van der Waals surface area contributed by atoms with Crippen LogP contribution in [0.1, 0.15) is 30.5 Å². The summed E-state index contributed by atoms with van der Waals surface area (Å²) < 4.78 is 16.7. The predicted octanol–water partition coefficient (Wildman–Crippen LogP) is 4.21. The van der Waals surface area contributed by atoms with Crippen molar-refractivity contribution >= 4 is 12.0 Å². The molecule has 0 saturated heterocycles. The lowest BCUT2D eigenvalue weighted by Crippen LogP contribution is -2.16. The number of rotatable bonds is 6. The monoisotopic (exact) mass is 352 g/mol. The van der Waals surface area contributed by atoms with Gasteiger partial charge < -0.3 is 14.2 Å². The van der Waals surface area contributed by atoms with Crippen molar-refractivity contribution in [2.45, 2.75) is 32.8 Å². The molecule has 0 unspecified atom stereocenters. The number of methoxy groups -OCH3 is 1. The molecule has 136 valence electrons. The fraction of sp³-hybridized carbons (Fsp3) is 0.318. The van der Waals surface area contributed by atoms with Crippen molar-refractivity contribution in [3.8, 4) is 11.5 Å². The van der Waals surface area contributed by atoms with Gasteiger partial charge in [0, 0.05) is 18.4 Å². The van der Waals surface area contributed by atoms with E-state index in [4.69, 9.17) is 14.2 Å². The summed E-state index contributed by atoms with van der Waals surface area (Å²) in [6.45, 7) is 3.91. The highest BCUT2D eigenvalue weighted by Crippen LogP contribution is 2.33. The average Bonchev–Trinajstić information content (AvgIpc) is 3.04. The van der Waals surface area contributed by atoms with Gasteiger partial charge >= 0.3 is 5.97 Å². The Morgan fingerprint density at radius 3 is 2.42 bits per heavy atom. The van der Waals surface area contributed by atoms with Crippen molar-refractivity contribution in [3.63, 3.8) is 0 Å². The van der Waals surface area contributed by atoms with E-state index in [1.165, 1.54) is 11.1 Å². The van der Waals surface area contributed by atoms with Gasteiger partial charge in [0.05, 0.1) is 13.7 Å². The fourth-order valence-corrected chi connectivity index (χ4v) is 3.21. The maximum atomic E-state index is 11.8. The van der Waals surface area contributed by atoms with Crippen molar-refractivity contribution in [2.24, 2.45) is 0 Å². The third-order valence-corrected chi connectivity index (χ3v) is 4.48. The molecule has 0 atom stereocenters. The van der Waals surface area contributed by atoms with E-state index < -0.39 is 0 Å². The van der Waals surface area contributed by atoms with Crippen LogP contribution in [-0.4, -0.2) is 25.8 Å². The minimum Gasteiger partial charge on any atom is -0.493 e. The lowest BCUT2D eigenvalue weighted by atomic mass is 10.1. The molecule has 2 aromatic rings. The summed E-state index contributed by atoms with van der Waals surface area (Å²) in [4.78, 5) is 11.8. The highest BCUT2D eigenvalue weighted by Gasteiger charge is 2.23. The Balaban J connectivity index is 1.78. The summed E-state index contributed by atoms with van der Waals surface area (Å²) in [5.41, 5.74) is 4.11. The Bertz CT molecular complexity index is 798. The zero-order valence-electron chi connectivity index (χ0n) is 15.5. The standard InChI is InChI=1S/C22H24O4/c1-4-25-22(23)15(2)11-16-9-10-20(24-3)21(12-16)26-19-13-17-7-5-6-8-18(17)14-19/h5-12,19H,4,13-14H2,1-3H3. The van der Waals surface area contributed by atoms with Crippen molar-refractivity contribution in [3.05, 3.63) is 64.7 Å². The second-order valence-electron chi connectivity index (χ2n) is 6.37. The molecule has 0 spiro atoms. The number of carbonyl (C=O) groups is 1. The molecule has 26 heavy (non-hydrogen) atoms. The topological polar surface area (TPSA) is 44.8 Å². The molecule has 1 aliphatic rings. The van der Waals surface area contributed by atoms with Crippen LogP contribution in [0.3, 0.4) is 0 Å². The maximum absolute atomic E-state index is 11.8. The van der Waals surface area contributed by atoms with E-state index in [0.717, 1.165) is 18.4 Å². The van der Waals surface area contributed by atoms with Crippen LogP contribution in [0, 0.1) is 0 Å². The van der Waals surface area contributed by atoms with Gasteiger partial charge in [-0.15, -0.1) is 0 Å². The van der Waals surface area contributed by atoms with Crippen LogP contribution in [0.5, 0.6) is 11.5 Å². The Hall–Kier alpha value is -2.75. The van der Waals surface area contributed by atoms with Crippen LogP contribution in [-0.2, 0) is 22.4 Å². The van der Waals surface area contributed by atoms with E-state index in [1.54, 1.807) is 27.0 Å². The van der Waals surface area contributed by atoms with E-state index in [9.17, 15) is 4.79 Å². The van der Waals surface area contributed by atoms with E-state index in [0.29, 0.717) is 23.7 Å². The van der Waals surface area contributed by atoms with Gasteiger partial charge in [-0.1, -0.05) is 30.3 Å². The van der Waals surface area contributed by atoms with E-state index in [-0.39, 0.29) is 12.1 Å². The molecule has 0 fully saturated rings. The number of fused-ring (bicyclic) bond motifs is 1. The van der Waals surface area contributed by atoms with Gasteiger partial charge in [0.1, 0.15) is 6.10 Å². The molecule has 0 aromatic heterocycles. The molecular weight excluding hydrogens is 328 g/mol. The molecule has 4 heteroatoms. The molecule has 0 bridgehead atoms. The molecule has 0 aliphatic heterocycles. The molecule has 3 rings (SSSR count). The minimum absolute atomic E-state index is 0.0895. The third kappa shape index (κ3) is 4.07. The number of esters is 1. The van der Waals surface area contributed by atoms with Gasteiger partial charge in [-0.05, 0) is 48.7 Å². The molecule has 0 heterocycles. The third-order valence-electron chi connectivity index (χ3n) is 4.48. The van der Waals surface area contributed by atoms with Gasteiger partial charge in [-0.3, -0.25) is 0 Å². The first-order chi connectivity index (χ1) is 12.6. The zero-order chi connectivity index (χ0) is 18.5. The van der Waals surface area contributed by atoms with Crippen LogP contribution in [0.2, 0.25) is 0 Å². The molecule has 0 saturated carbocycles. The van der Waals surface area contributed by atoms with Gasteiger partial charge in [0.25, 0.3) is 0 Å². The first-order valence-electron chi connectivity index (χ1n) is 8.87. The Kier molecular flexibility index (Phi) is 5.61. The first kappa shape index (κ1) is 18.1.